The van der Waals surface area contributed by atoms with E-state index >= 15 is 0 Å². The maximum absolute atomic E-state index is 12.0. The summed E-state index contributed by atoms with van der Waals surface area (Å²) in [4.78, 5) is 29.6. The Morgan fingerprint density at radius 2 is 1.87 bits per heavy atom. The summed E-state index contributed by atoms with van der Waals surface area (Å²) in [5, 5.41) is 3.11. The van der Waals surface area contributed by atoms with Gasteiger partial charge in [0, 0.05) is 36.8 Å². The molecule has 7 nitrogen and oxygen atoms in total. The summed E-state index contributed by atoms with van der Waals surface area (Å²) in [7, 11) is 1.72. The molecule has 3 N–H and O–H groups in total. The first-order chi connectivity index (χ1) is 14.5. The van der Waals surface area contributed by atoms with Crippen LogP contribution in [0, 0.1) is 0 Å². The molecule has 0 spiro atoms. The highest BCUT2D eigenvalue weighted by molar-refractivity contribution is 5.96. The maximum atomic E-state index is 12.0. The van der Waals surface area contributed by atoms with Gasteiger partial charge in [0.1, 0.15) is 0 Å². The van der Waals surface area contributed by atoms with Crippen LogP contribution in [0.1, 0.15) is 35.7 Å². The van der Waals surface area contributed by atoms with E-state index in [1.54, 1.807) is 30.3 Å². The minimum atomic E-state index is -0.134. The molecule has 3 aromatic rings. The van der Waals surface area contributed by atoms with Crippen molar-refractivity contribution in [3.8, 4) is 11.3 Å². The molecule has 30 heavy (non-hydrogen) atoms. The third-order valence-electron chi connectivity index (χ3n) is 4.73. The Morgan fingerprint density at radius 1 is 1.13 bits per heavy atom. The van der Waals surface area contributed by atoms with E-state index in [2.05, 4.69) is 10.3 Å². The number of carbonyl (C=O) groups excluding carboxylic acids is 2. The van der Waals surface area contributed by atoms with Crippen LogP contribution in [0.4, 0.5) is 11.7 Å². The standard InChI is InChI=1S/C23H26N4O3/c1-3-6-20(28)16-9-11-18(12-10-16)26-23-25-14-21(30-23)19-8-5-4-7-17(19)15-27(2)22(29)13-24/h4-5,7-12,14H,3,6,13,15,24H2,1-2H3,(H,25,26). The molecule has 3 rings (SSSR count). The van der Waals surface area contributed by atoms with E-state index in [9.17, 15) is 9.59 Å². The topological polar surface area (TPSA) is 101 Å². The first kappa shape index (κ1) is 21.3. The molecule has 1 heterocycles. The van der Waals surface area contributed by atoms with Gasteiger partial charge in [-0.1, -0.05) is 31.2 Å². The number of carbonyl (C=O) groups is 2. The summed E-state index contributed by atoms with van der Waals surface area (Å²) in [6.07, 6.45) is 3.02. The van der Waals surface area contributed by atoms with Gasteiger partial charge in [0.15, 0.2) is 11.5 Å². The molecule has 0 aliphatic rings. The van der Waals surface area contributed by atoms with E-state index in [0.717, 1.165) is 23.2 Å². The van der Waals surface area contributed by atoms with Gasteiger partial charge in [-0.15, -0.1) is 0 Å². The van der Waals surface area contributed by atoms with E-state index in [1.165, 1.54) is 0 Å². The summed E-state index contributed by atoms with van der Waals surface area (Å²) in [5.41, 5.74) is 8.71. The highest BCUT2D eigenvalue weighted by atomic mass is 16.4. The van der Waals surface area contributed by atoms with Gasteiger partial charge in [0.05, 0.1) is 12.7 Å². The number of nitrogens with zero attached hydrogens (tertiary/aromatic N) is 2. The quantitative estimate of drug-likeness (QED) is 0.521. The number of nitrogens with two attached hydrogens (primary N) is 1. The molecular formula is C23H26N4O3. The number of nitrogens with one attached hydrogen (secondary N) is 1. The molecule has 7 heteroatoms. The lowest BCUT2D eigenvalue weighted by Gasteiger charge is -2.17. The SMILES string of the molecule is CCCC(=O)c1ccc(Nc2ncc(-c3ccccc3CN(C)C(=O)CN)o2)cc1. The molecular weight excluding hydrogens is 380 g/mol. The van der Waals surface area contributed by atoms with Gasteiger partial charge in [-0.3, -0.25) is 9.59 Å². The Balaban J connectivity index is 1.74. The first-order valence-corrected chi connectivity index (χ1v) is 9.90. The number of amides is 1. The Bertz CT molecular complexity index is 1010. The van der Waals surface area contributed by atoms with E-state index in [0.29, 0.717) is 30.3 Å². The number of rotatable bonds is 9. The molecule has 1 aromatic heterocycles. The number of benzene rings is 2. The smallest absolute Gasteiger partial charge is 0.299 e. The van der Waals surface area contributed by atoms with Crippen molar-refractivity contribution in [1.82, 2.24) is 9.88 Å². The zero-order valence-electron chi connectivity index (χ0n) is 17.2. The second kappa shape index (κ2) is 9.84. The van der Waals surface area contributed by atoms with Crippen LogP contribution in [0.5, 0.6) is 0 Å². The van der Waals surface area contributed by atoms with E-state index in [1.807, 2.05) is 43.3 Å². The van der Waals surface area contributed by atoms with Crippen LogP contribution in [0.2, 0.25) is 0 Å². The summed E-state index contributed by atoms with van der Waals surface area (Å²) in [5.74, 6) is 0.596. The molecule has 0 unspecified atom stereocenters. The van der Waals surface area contributed by atoms with Gasteiger partial charge in [-0.2, -0.15) is 0 Å². The predicted octanol–water partition coefficient (Wildman–Crippen LogP) is 3.99. The molecule has 0 aliphatic carbocycles. The second-order valence-electron chi connectivity index (χ2n) is 7.02. The van der Waals surface area contributed by atoms with Crippen molar-refractivity contribution in [1.29, 1.82) is 0 Å². The summed E-state index contributed by atoms with van der Waals surface area (Å²) in [6, 6.07) is 15.3. The van der Waals surface area contributed by atoms with Crippen molar-refractivity contribution in [3.05, 3.63) is 65.9 Å². The molecule has 0 aliphatic heterocycles. The summed E-state index contributed by atoms with van der Waals surface area (Å²) < 4.78 is 5.88. The van der Waals surface area contributed by atoms with Gasteiger partial charge in [-0.05, 0) is 36.2 Å². The number of aromatic nitrogens is 1. The number of hydrogen-bond acceptors (Lipinski definition) is 6. The van der Waals surface area contributed by atoms with Gasteiger partial charge in [0.25, 0.3) is 6.01 Å². The average molecular weight is 406 g/mol. The highest BCUT2D eigenvalue weighted by Gasteiger charge is 2.14. The zero-order chi connectivity index (χ0) is 21.5. The molecule has 0 fully saturated rings. The number of hydrogen-bond donors (Lipinski definition) is 2. The Morgan fingerprint density at radius 3 is 2.57 bits per heavy atom. The lowest BCUT2D eigenvalue weighted by atomic mass is 10.1. The fourth-order valence-corrected chi connectivity index (χ4v) is 3.09. The number of likely N-dealkylation sites (N-methyl/N-ethyl adjacent to an activating group) is 1. The van der Waals surface area contributed by atoms with Gasteiger partial charge >= 0.3 is 0 Å². The minimum absolute atomic E-state index is 0.0299. The van der Waals surface area contributed by atoms with E-state index in [4.69, 9.17) is 10.2 Å². The molecule has 2 aromatic carbocycles. The maximum Gasteiger partial charge on any atom is 0.299 e. The van der Waals surface area contributed by atoms with Crippen LogP contribution >= 0.6 is 0 Å². The fourth-order valence-electron chi connectivity index (χ4n) is 3.09. The van der Waals surface area contributed by atoms with E-state index < -0.39 is 0 Å². The van der Waals surface area contributed by atoms with Crippen molar-refractivity contribution in [3.63, 3.8) is 0 Å². The van der Waals surface area contributed by atoms with Crippen LogP contribution in [-0.4, -0.2) is 35.2 Å². The number of anilines is 2. The minimum Gasteiger partial charge on any atom is -0.423 e. The predicted molar refractivity (Wildman–Crippen MR) is 116 cm³/mol. The third-order valence-corrected chi connectivity index (χ3v) is 4.73. The second-order valence-corrected chi connectivity index (χ2v) is 7.02. The normalized spacial score (nSPS) is 10.6. The average Bonchev–Trinajstić information content (AvgIpc) is 3.22. The van der Waals surface area contributed by atoms with Crippen molar-refractivity contribution in [2.45, 2.75) is 26.3 Å². The molecule has 0 atom stereocenters. The van der Waals surface area contributed by atoms with Gasteiger partial charge in [-0.25, -0.2) is 4.98 Å². The zero-order valence-corrected chi connectivity index (χ0v) is 17.2. The molecule has 156 valence electrons. The molecule has 0 radical (unpaired) electrons. The lowest BCUT2D eigenvalue weighted by molar-refractivity contribution is -0.128. The van der Waals surface area contributed by atoms with Crippen LogP contribution in [0.15, 0.2) is 59.1 Å². The van der Waals surface area contributed by atoms with Crippen molar-refractivity contribution in [2.24, 2.45) is 5.73 Å². The Hall–Kier alpha value is -3.45. The number of oxazole rings is 1. The lowest BCUT2D eigenvalue weighted by Crippen LogP contribution is -2.32. The van der Waals surface area contributed by atoms with Gasteiger partial charge < -0.3 is 20.4 Å². The molecule has 1 amide bonds. The van der Waals surface area contributed by atoms with Gasteiger partial charge in [0.2, 0.25) is 5.91 Å². The Labute approximate surface area is 175 Å². The summed E-state index contributed by atoms with van der Waals surface area (Å²) in [6.45, 7) is 2.38. The van der Waals surface area contributed by atoms with Crippen molar-refractivity contribution < 1.29 is 14.0 Å². The van der Waals surface area contributed by atoms with Crippen molar-refractivity contribution >= 4 is 23.4 Å². The van der Waals surface area contributed by atoms with Crippen molar-refractivity contribution in [2.75, 3.05) is 18.9 Å². The fraction of sp³-hybridized carbons (Fsp3) is 0.261. The first-order valence-electron chi connectivity index (χ1n) is 9.90. The van der Waals surface area contributed by atoms with Crippen LogP contribution < -0.4 is 11.1 Å². The van der Waals surface area contributed by atoms with E-state index in [-0.39, 0.29) is 18.2 Å². The molecule has 0 saturated heterocycles. The van der Waals surface area contributed by atoms with Crippen LogP contribution in [0.25, 0.3) is 11.3 Å². The number of ketones is 1. The van der Waals surface area contributed by atoms with Crippen LogP contribution in [-0.2, 0) is 11.3 Å². The molecule has 0 bridgehead atoms. The number of Topliss-reactive ketones (excluding diaryl/α,β-unsaturated/α-hetero) is 1. The Kier molecular flexibility index (Phi) is 6.98. The third kappa shape index (κ3) is 5.12. The summed E-state index contributed by atoms with van der Waals surface area (Å²) >= 11 is 0. The monoisotopic (exact) mass is 406 g/mol. The molecule has 0 saturated carbocycles. The highest BCUT2D eigenvalue weighted by Crippen LogP contribution is 2.28. The largest absolute Gasteiger partial charge is 0.423 e. The van der Waals surface area contributed by atoms with Crippen LogP contribution in [0.3, 0.4) is 0 Å².